The van der Waals surface area contributed by atoms with Crippen LogP contribution >= 0.6 is 0 Å². The van der Waals surface area contributed by atoms with Gasteiger partial charge in [-0.05, 0) is 25.0 Å². The summed E-state index contributed by atoms with van der Waals surface area (Å²) in [5.74, 6) is -1.18. The van der Waals surface area contributed by atoms with E-state index in [0.717, 1.165) is 6.42 Å². The maximum absolute atomic E-state index is 13.5. The van der Waals surface area contributed by atoms with Crippen LogP contribution in [-0.2, 0) is 6.42 Å². The van der Waals surface area contributed by atoms with Gasteiger partial charge in [0.2, 0.25) is 0 Å². The standard InChI is InChI=1S/C14H14FNO3/c1-3-4-11-12(14(17)18)13(16-19-11)9-6-5-8(2)10(15)7-9/h5-7H,3-4H2,1-2H3,(H,17,18). The van der Waals surface area contributed by atoms with Crippen LogP contribution in [0.2, 0.25) is 0 Å². The summed E-state index contributed by atoms with van der Waals surface area (Å²) in [5.41, 5.74) is 1.10. The Balaban J connectivity index is 2.55. The number of aromatic nitrogens is 1. The zero-order chi connectivity index (χ0) is 14.0. The third kappa shape index (κ3) is 2.50. The lowest BCUT2D eigenvalue weighted by molar-refractivity contribution is 0.0695. The van der Waals surface area contributed by atoms with Crippen LogP contribution in [0.4, 0.5) is 4.39 Å². The van der Waals surface area contributed by atoms with Crippen LogP contribution in [0.3, 0.4) is 0 Å². The first kappa shape index (κ1) is 13.3. The van der Waals surface area contributed by atoms with Gasteiger partial charge in [-0.15, -0.1) is 0 Å². The summed E-state index contributed by atoms with van der Waals surface area (Å²) >= 11 is 0. The molecule has 2 rings (SSSR count). The number of carboxylic acid groups (broad SMARTS) is 1. The molecule has 1 N–H and O–H groups in total. The Bertz CT molecular complexity index is 619. The monoisotopic (exact) mass is 263 g/mol. The van der Waals surface area contributed by atoms with Gasteiger partial charge in [0, 0.05) is 12.0 Å². The Morgan fingerprint density at radius 2 is 2.21 bits per heavy atom. The largest absolute Gasteiger partial charge is 0.477 e. The van der Waals surface area contributed by atoms with Crippen molar-refractivity contribution >= 4 is 5.97 Å². The second kappa shape index (κ2) is 5.22. The molecule has 2 aromatic rings. The van der Waals surface area contributed by atoms with Gasteiger partial charge in [-0.25, -0.2) is 9.18 Å². The molecule has 4 nitrogen and oxygen atoms in total. The summed E-state index contributed by atoms with van der Waals surface area (Å²) in [6.07, 6.45) is 1.24. The lowest BCUT2D eigenvalue weighted by Crippen LogP contribution is -2.01. The summed E-state index contributed by atoms with van der Waals surface area (Å²) in [6, 6.07) is 4.50. The Morgan fingerprint density at radius 1 is 1.47 bits per heavy atom. The number of carbonyl (C=O) groups is 1. The number of hydrogen-bond acceptors (Lipinski definition) is 3. The van der Waals surface area contributed by atoms with Crippen LogP contribution in [-0.4, -0.2) is 16.2 Å². The lowest BCUT2D eigenvalue weighted by Gasteiger charge is -2.01. The SMILES string of the molecule is CCCc1onc(-c2ccc(C)c(F)c2)c1C(=O)O. The average Bonchev–Trinajstić information content (AvgIpc) is 2.77. The van der Waals surface area contributed by atoms with Crippen molar-refractivity contribution in [2.75, 3.05) is 0 Å². The smallest absolute Gasteiger partial charge is 0.341 e. The topological polar surface area (TPSA) is 63.3 Å². The van der Waals surface area contributed by atoms with Crippen molar-refractivity contribution in [3.8, 4) is 11.3 Å². The highest BCUT2D eigenvalue weighted by Crippen LogP contribution is 2.27. The minimum atomic E-state index is -1.11. The molecule has 1 aromatic heterocycles. The second-order valence-electron chi connectivity index (χ2n) is 4.35. The van der Waals surface area contributed by atoms with E-state index >= 15 is 0 Å². The lowest BCUT2D eigenvalue weighted by atomic mass is 10.0. The number of carboxylic acids is 1. The van der Waals surface area contributed by atoms with Crippen molar-refractivity contribution in [2.45, 2.75) is 26.7 Å². The minimum Gasteiger partial charge on any atom is -0.477 e. The molecule has 0 bridgehead atoms. The van der Waals surface area contributed by atoms with Gasteiger partial charge in [0.05, 0.1) is 0 Å². The van der Waals surface area contributed by atoms with Gasteiger partial charge in [-0.2, -0.15) is 0 Å². The van der Waals surface area contributed by atoms with Crippen LogP contribution in [0.5, 0.6) is 0 Å². The maximum atomic E-state index is 13.5. The normalized spacial score (nSPS) is 10.7. The molecule has 0 aliphatic rings. The molecule has 0 radical (unpaired) electrons. The number of benzene rings is 1. The van der Waals surface area contributed by atoms with Crippen LogP contribution in [0.1, 0.15) is 35.0 Å². The van der Waals surface area contributed by atoms with Crippen LogP contribution in [0.15, 0.2) is 22.7 Å². The fraction of sp³-hybridized carbons (Fsp3) is 0.286. The molecule has 0 saturated carbocycles. The highest BCUT2D eigenvalue weighted by atomic mass is 19.1. The highest BCUT2D eigenvalue weighted by molar-refractivity contribution is 5.95. The van der Waals surface area contributed by atoms with Crippen LogP contribution in [0, 0.1) is 12.7 Å². The molecule has 100 valence electrons. The van der Waals surface area contributed by atoms with E-state index in [1.807, 2.05) is 6.92 Å². The van der Waals surface area contributed by atoms with Crippen molar-refractivity contribution in [2.24, 2.45) is 0 Å². The van der Waals surface area contributed by atoms with Gasteiger partial charge in [0.1, 0.15) is 17.1 Å². The molecule has 0 amide bonds. The molecule has 1 aromatic carbocycles. The first-order valence-corrected chi connectivity index (χ1v) is 6.03. The minimum absolute atomic E-state index is 0.0186. The molecule has 1 heterocycles. The highest BCUT2D eigenvalue weighted by Gasteiger charge is 2.23. The Labute approximate surface area is 109 Å². The number of aromatic carboxylic acids is 1. The van der Waals surface area contributed by atoms with E-state index in [9.17, 15) is 14.3 Å². The quantitative estimate of drug-likeness (QED) is 0.917. The molecule has 0 saturated heterocycles. The molecular formula is C14H14FNO3. The van der Waals surface area contributed by atoms with Crippen LogP contribution < -0.4 is 0 Å². The zero-order valence-corrected chi connectivity index (χ0v) is 10.7. The molecular weight excluding hydrogens is 249 g/mol. The van der Waals surface area contributed by atoms with Crippen molar-refractivity contribution < 1.29 is 18.8 Å². The third-order valence-corrected chi connectivity index (χ3v) is 2.90. The van der Waals surface area contributed by atoms with Gasteiger partial charge < -0.3 is 9.63 Å². The number of halogens is 1. The van der Waals surface area contributed by atoms with Crippen molar-refractivity contribution in [1.29, 1.82) is 0 Å². The Morgan fingerprint density at radius 3 is 2.79 bits per heavy atom. The van der Waals surface area contributed by atoms with E-state index in [1.54, 1.807) is 19.1 Å². The molecule has 0 fully saturated rings. The number of rotatable bonds is 4. The van der Waals surface area contributed by atoms with E-state index < -0.39 is 11.8 Å². The fourth-order valence-corrected chi connectivity index (χ4v) is 1.88. The summed E-state index contributed by atoms with van der Waals surface area (Å²) in [4.78, 5) is 11.3. The predicted octanol–water partition coefficient (Wildman–Crippen LogP) is 3.44. The molecule has 19 heavy (non-hydrogen) atoms. The van der Waals surface area contributed by atoms with E-state index in [1.165, 1.54) is 6.07 Å². The van der Waals surface area contributed by atoms with Gasteiger partial charge >= 0.3 is 5.97 Å². The van der Waals surface area contributed by atoms with Crippen molar-refractivity contribution in [3.05, 3.63) is 40.9 Å². The van der Waals surface area contributed by atoms with Crippen molar-refractivity contribution in [3.63, 3.8) is 0 Å². The Kier molecular flexibility index (Phi) is 3.64. The molecule has 0 atom stereocenters. The Hall–Kier alpha value is -2.17. The summed E-state index contributed by atoms with van der Waals surface area (Å²) < 4.78 is 18.6. The molecule has 0 spiro atoms. The summed E-state index contributed by atoms with van der Waals surface area (Å²) in [7, 11) is 0. The molecule has 0 aliphatic carbocycles. The van der Waals surface area contributed by atoms with Gasteiger partial charge in [-0.3, -0.25) is 0 Å². The average molecular weight is 263 g/mol. The van der Waals surface area contributed by atoms with E-state index in [4.69, 9.17) is 4.52 Å². The van der Waals surface area contributed by atoms with E-state index in [0.29, 0.717) is 23.3 Å². The van der Waals surface area contributed by atoms with Gasteiger partial charge in [-0.1, -0.05) is 24.2 Å². The fourth-order valence-electron chi connectivity index (χ4n) is 1.88. The molecule has 0 aliphatic heterocycles. The van der Waals surface area contributed by atoms with E-state index in [2.05, 4.69) is 5.16 Å². The maximum Gasteiger partial charge on any atom is 0.341 e. The summed E-state index contributed by atoms with van der Waals surface area (Å²) in [5, 5.41) is 13.0. The number of aryl methyl sites for hydroxylation is 2. The van der Waals surface area contributed by atoms with Gasteiger partial charge in [0.25, 0.3) is 0 Å². The van der Waals surface area contributed by atoms with E-state index in [-0.39, 0.29) is 11.3 Å². The second-order valence-corrected chi connectivity index (χ2v) is 4.35. The molecule has 0 unspecified atom stereocenters. The first-order chi connectivity index (χ1) is 9.04. The van der Waals surface area contributed by atoms with Gasteiger partial charge in [0.15, 0.2) is 5.76 Å². The predicted molar refractivity (Wildman–Crippen MR) is 67.6 cm³/mol. The summed E-state index contributed by atoms with van der Waals surface area (Å²) in [6.45, 7) is 3.56. The first-order valence-electron chi connectivity index (χ1n) is 6.03. The third-order valence-electron chi connectivity index (χ3n) is 2.90. The number of hydrogen-bond donors (Lipinski definition) is 1. The van der Waals surface area contributed by atoms with Crippen molar-refractivity contribution in [1.82, 2.24) is 5.16 Å². The van der Waals surface area contributed by atoms with Crippen LogP contribution in [0.25, 0.3) is 11.3 Å². The number of nitrogens with zero attached hydrogens (tertiary/aromatic N) is 1. The zero-order valence-electron chi connectivity index (χ0n) is 10.7. The molecule has 5 heteroatoms.